The van der Waals surface area contributed by atoms with Crippen LogP contribution in [0.4, 0.5) is 4.79 Å². The van der Waals surface area contributed by atoms with Gasteiger partial charge < -0.3 is 15.1 Å². The van der Waals surface area contributed by atoms with E-state index in [4.69, 9.17) is 0 Å². The zero-order valence-electron chi connectivity index (χ0n) is 15.6. The summed E-state index contributed by atoms with van der Waals surface area (Å²) < 4.78 is 0. The van der Waals surface area contributed by atoms with Gasteiger partial charge in [0.15, 0.2) is 0 Å². The molecule has 2 saturated heterocycles. The zero-order chi connectivity index (χ0) is 16.8. The van der Waals surface area contributed by atoms with Gasteiger partial charge >= 0.3 is 6.03 Å². The molecular weight excluding hydrogens is 288 g/mol. The lowest BCUT2D eigenvalue weighted by molar-refractivity contribution is 0.0995. The molecule has 2 aliphatic rings. The molecule has 2 heterocycles. The first-order valence-electron chi connectivity index (χ1n) is 9.51. The zero-order valence-corrected chi connectivity index (χ0v) is 15.6. The number of hydrogen-bond acceptors (Lipinski definition) is 3. The summed E-state index contributed by atoms with van der Waals surface area (Å²) in [6.07, 6.45) is 6.11. The minimum atomic E-state index is 0.0943. The lowest BCUT2D eigenvalue weighted by Gasteiger charge is -2.40. The summed E-state index contributed by atoms with van der Waals surface area (Å²) in [6.45, 7) is 11.9. The second-order valence-corrected chi connectivity index (χ2v) is 7.38. The highest BCUT2D eigenvalue weighted by molar-refractivity contribution is 5.74. The number of carbonyl (C=O) groups excluding carboxylic acids is 1. The molecule has 0 aromatic rings. The standard InChI is InChI=1S/C18H36N4O/c1-5-21-12-9-17(14-16(21)3)20(4)18(23)19-10-13-22-11-7-6-8-15(22)2/h15-17H,5-14H2,1-4H3,(H,19,23)/t15-,16+,17+/m1/s1. The Labute approximate surface area is 142 Å². The van der Waals surface area contributed by atoms with Gasteiger partial charge in [-0.3, -0.25) is 4.90 Å². The molecule has 0 saturated carbocycles. The molecule has 5 nitrogen and oxygen atoms in total. The molecular formula is C18H36N4O. The summed E-state index contributed by atoms with van der Waals surface area (Å²) >= 11 is 0. The van der Waals surface area contributed by atoms with E-state index >= 15 is 0 Å². The number of hydrogen-bond donors (Lipinski definition) is 1. The van der Waals surface area contributed by atoms with Gasteiger partial charge in [0, 0.05) is 44.8 Å². The third-order valence-electron chi connectivity index (χ3n) is 5.88. The first-order chi connectivity index (χ1) is 11.0. The van der Waals surface area contributed by atoms with Crippen molar-refractivity contribution in [2.45, 2.75) is 71.0 Å². The quantitative estimate of drug-likeness (QED) is 0.844. The van der Waals surface area contributed by atoms with Crippen LogP contribution in [0.1, 0.15) is 52.9 Å². The molecule has 0 radical (unpaired) electrons. The van der Waals surface area contributed by atoms with Crippen LogP contribution in [0.5, 0.6) is 0 Å². The van der Waals surface area contributed by atoms with Gasteiger partial charge in [0.1, 0.15) is 0 Å². The van der Waals surface area contributed by atoms with E-state index in [1.807, 2.05) is 11.9 Å². The first kappa shape index (κ1) is 18.5. The Bertz CT molecular complexity index is 376. The van der Waals surface area contributed by atoms with E-state index in [-0.39, 0.29) is 6.03 Å². The van der Waals surface area contributed by atoms with E-state index in [9.17, 15) is 4.79 Å². The molecule has 0 aromatic heterocycles. The van der Waals surface area contributed by atoms with Crippen LogP contribution in [0.2, 0.25) is 0 Å². The van der Waals surface area contributed by atoms with E-state index in [1.165, 1.54) is 25.8 Å². The number of piperidine rings is 2. The third-order valence-corrected chi connectivity index (χ3v) is 5.88. The summed E-state index contributed by atoms with van der Waals surface area (Å²) in [4.78, 5) is 19.3. The molecule has 134 valence electrons. The van der Waals surface area contributed by atoms with Crippen LogP contribution in [-0.4, -0.2) is 78.6 Å². The van der Waals surface area contributed by atoms with Gasteiger partial charge in [-0.15, -0.1) is 0 Å². The number of urea groups is 1. The van der Waals surface area contributed by atoms with Crippen molar-refractivity contribution in [1.82, 2.24) is 20.0 Å². The van der Waals surface area contributed by atoms with Gasteiger partial charge in [-0.25, -0.2) is 4.79 Å². The fourth-order valence-corrected chi connectivity index (χ4v) is 4.10. The minimum Gasteiger partial charge on any atom is -0.337 e. The SMILES string of the molecule is CCN1CC[C@H](N(C)C(=O)NCCN2CCCC[C@H]2C)C[C@@H]1C. The smallest absolute Gasteiger partial charge is 0.317 e. The Hall–Kier alpha value is -0.810. The number of likely N-dealkylation sites (tertiary alicyclic amines) is 2. The molecule has 2 amide bonds. The van der Waals surface area contributed by atoms with Crippen molar-refractivity contribution < 1.29 is 4.79 Å². The Kier molecular flexibility index (Phi) is 7.15. The molecule has 2 fully saturated rings. The molecule has 0 bridgehead atoms. The summed E-state index contributed by atoms with van der Waals surface area (Å²) in [5, 5.41) is 3.12. The summed E-state index contributed by atoms with van der Waals surface area (Å²) in [6, 6.07) is 1.71. The predicted molar refractivity (Wildman–Crippen MR) is 95.8 cm³/mol. The van der Waals surface area contributed by atoms with Gasteiger partial charge in [-0.2, -0.15) is 0 Å². The van der Waals surface area contributed by atoms with Crippen LogP contribution in [0, 0.1) is 0 Å². The maximum atomic E-state index is 12.4. The van der Waals surface area contributed by atoms with Gasteiger partial charge in [-0.05, 0) is 52.6 Å². The van der Waals surface area contributed by atoms with Crippen molar-refractivity contribution in [2.75, 3.05) is 39.8 Å². The van der Waals surface area contributed by atoms with E-state index < -0.39 is 0 Å². The maximum Gasteiger partial charge on any atom is 0.317 e. The summed E-state index contributed by atoms with van der Waals surface area (Å²) in [5.74, 6) is 0. The Balaban J connectivity index is 1.70. The Morgan fingerprint density at radius 3 is 2.57 bits per heavy atom. The fraction of sp³-hybridized carbons (Fsp3) is 0.944. The minimum absolute atomic E-state index is 0.0943. The molecule has 0 aromatic carbocycles. The number of rotatable bonds is 5. The van der Waals surface area contributed by atoms with E-state index in [1.54, 1.807) is 0 Å². The Morgan fingerprint density at radius 2 is 1.91 bits per heavy atom. The number of nitrogens with zero attached hydrogens (tertiary/aromatic N) is 3. The normalized spacial score (nSPS) is 30.2. The van der Waals surface area contributed by atoms with Crippen LogP contribution < -0.4 is 5.32 Å². The molecule has 2 aliphatic heterocycles. The van der Waals surface area contributed by atoms with Crippen molar-refractivity contribution in [3.8, 4) is 0 Å². The van der Waals surface area contributed by atoms with Crippen LogP contribution >= 0.6 is 0 Å². The number of carbonyl (C=O) groups is 1. The molecule has 23 heavy (non-hydrogen) atoms. The summed E-state index contributed by atoms with van der Waals surface area (Å²) in [5.41, 5.74) is 0. The molecule has 3 atom stereocenters. The van der Waals surface area contributed by atoms with Gasteiger partial charge in [0.05, 0.1) is 0 Å². The number of nitrogens with one attached hydrogen (secondary N) is 1. The van der Waals surface area contributed by atoms with Crippen molar-refractivity contribution >= 4 is 6.03 Å². The average molecular weight is 325 g/mol. The van der Waals surface area contributed by atoms with Gasteiger partial charge in [-0.1, -0.05) is 13.3 Å². The average Bonchev–Trinajstić information content (AvgIpc) is 2.55. The van der Waals surface area contributed by atoms with Crippen molar-refractivity contribution in [3.05, 3.63) is 0 Å². The molecule has 2 rings (SSSR count). The van der Waals surface area contributed by atoms with Crippen LogP contribution in [0.25, 0.3) is 0 Å². The van der Waals surface area contributed by atoms with Crippen molar-refractivity contribution in [3.63, 3.8) is 0 Å². The van der Waals surface area contributed by atoms with E-state index in [2.05, 4.69) is 35.9 Å². The second-order valence-electron chi connectivity index (χ2n) is 7.38. The third kappa shape index (κ3) is 5.08. The Morgan fingerprint density at radius 1 is 1.13 bits per heavy atom. The molecule has 1 N–H and O–H groups in total. The van der Waals surface area contributed by atoms with Crippen molar-refractivity contribution in [1.29, 1.82) is 0 Å². The van der Waals surface area contributed by atoms with E-state index in [0.717, 1.165) is 39.0 Å². The van der Waals surface area contributed by atoms with E-state index in [0.29, 0.717) is 18.1 Å². The second kappa shape index (κ2) is 8.88. The highest BCUT2D eigenvalue weighted by atomic mass is 16.2. The summed E-state index contributed by atoms with van der Waals surface area (Å²) in [7, 11) is 1.96. The lowest BCUT2D eigenvalue weighted by Crippen LogP contribution is -2.52. The van der Waals surface area contributed by atoms with Crippen molar-refractivity contribution in [2.24, 2.45) is 0 Å². The predicted octanol–water partition coefficient (Wildman–Crippen LogP) is 2.38. The molecule has 0 unspecified atom stereocenters. The largest absolute Gasteiger partial charge is 0.337 e. The number of amides is 2. The fourth-order valence-electron chi connectivity index (χ4n) is 4.10. The monoisotopic (exact) mass is 324 g/mol. The molecule has 0 aliphatic carbocycles. The van der Waals surface area contributed by atoms with Gasteiger partial charge in [0.25, 0.3) is 0 Å². The van der Waals surface area contributed by atoms with Crippen LogP contribution in [-0.2, 0) is 0 Å². The lowest BCUT2D eigenvalue weighted by atomic mass is 9.97. The van der Waals surface area contributed by atoms with Crippen LogP contribution in [0.15, 0.2) is 0 Å². The highest BCUT2D eigenvalue weighted by Gasteiger charge is 2.29. The molecule has 5 heteroatoms. The maximum absolute atomic E-state index is 12.4. The van der Waals surface area contributed by atoms with Crippen LogP contribution in [0.3, 0.4) is 0 Å². The topological polar surface area (TPSA) is 38.8 Å². The molecule has 0 spiro atoms. The first-order valence-corrected chi connectivity index (χ1v) is 9.51. The van der Waals surface area contributed by atoms with Gasteiger partial charge in [0.2, 0.25) is 0 Å². The highest BCUT2D eigenvalue weighted by Crippen LogP contribution is 2.20.